The van der Waals surface area contributed by atoms with E-state index >= 15 is 0 Å². The van der Waals surface area contributed by atoms with Gasteiger partial charge in [0.15, 0.2) is 0 Å². The van der Waals surface area contributed by atoms with E-state index in [1.807, 2.05) is 6.07 Å². The second-order valence-corrected chi connectivity index (χ2v) is 8.82. The summed E-state index contributed by atoms with van der Waals surface area (Å²) in [4.78, 5) is 12.3. The number of hydrogen-bond acceptors (Lipinski definition) is 5. The fourth-order valence-corrected chi connectivity index (χ4v) is 4.60. The molecule has 0 spiro atoms. The average molecular weight is 372 g/mol. The molecule has 2 aromatic rings. The van der Waals surface area contributed by atoms with Crippen LogP contribution < -0.4 is 9.62 Å². The van der Waals surface area contributed by atoms with Crippen LogP contribution in [0.3, 0.4) is 0 Å². The number of aryl methyl sites for hydroxylation is 1. The number of hydrogen-bond donors (Lipinski definition) is 1. The Morgan fingerprint density at radius 2 is 1.85 bits per heavy atom. The van der Waals surface area contributed by atoms with Crippen LogP contribution in [0.2, 0.25) is 0 Å². The number of nitrogens with zero attached hydrogens (tertiary/aromatic N) is 3. The molecule has 6 nitrogen and oxygen atoms in total. The number of nitrogens with one attached hydrogen (secondary N) is 1. The van der Waals surface area contributed by atoms with Gasteiger partial charge in [0.25, 0.3) is 0 Å². The minimum atomic E-state index is -3.48. The third-order valence-electron chi connectivity index (χ3n) is 5.25. The summed E-state index contributed by atoms with van der Waals surface area (Å²) in [6.45, 7) is 1.98. The zero-order valence-corrected chi connectivity index (χ0v) is 15.8. The maximum Gasteiger partial charge on any atom is 0.240 e. The summed E-state index contributed by atoms with van der Waals surface area (Å²) in [5, 5.41) is 0. The Hall–Kier alpha value is -1.99. The molecule has 4 rings (SSSR count). The van der Waals surface area contributed by atoms with Crippen molar-refractivity contribution in [1.82, 2.24) is 14.7 Å². The van der Waals surface area contributed by atoms with Crippen molar-refractivity contribution >= 4 is 16.0 Å². The molecule has 26 heavy (non-hydrogen) atoms. The van der Waals surface area contributed by atoms with E-state index in [2.05, 4.69) is 9.62 Å². The molecule has 1 aromatic heterocycles. The Bertz CT molecular complexity index is 921. The van der Waals surface area contributed by atoms with Gasteiger partial charge in [0, 0.05) is 29.9 Å². The molecule has 7 heteroatoms. The highest BCUT2D eigenvalue weighted by atomic mass is 32.2. The van der Waals surface area contributed by atoms with E-state index in [0.717, 1.165) is 55.3 Å². The number of rotatable bonds is 4. The van der Waals surface area contributed by atoms with Gasteiger partial charge in [-0.05, 0) is 57.7 Å². The van der Waals surface area contributed by atoms with Gasteiger partial charge in [0.1, 0.15) is 0 Å². The monoisotopic (exact) mass is 372 g/mol. The normalized spacial score (nSPS) is 17.3. The minimum absolute atomic E-state index is 0.266. The Morgan fingerprint density at radius 1 is 1.04 bits per heavy atom. The van der Waals surface area contributed by atoms with Crippen LogP contribution in [0.15, 0.2) is 29.2 Å². The maximum atomic E-state index is 12.2. The van der Waals surface area contributed by atoms with E-state index in [1.165, 1.54) is 31.9 Å². The fourth-order valence-electron chi connectivity index (χ4n) is 3.82. The van der Waals surface area contributed by atoms with E-state index in [9.17, 15) is 8.42 Å². The smallest absolute Gasteiger partial charge is 0.240 e. The summed E-state index contributed by atoms with van der Waals surface area (Å²) in [5.41, 5.74) is 4.03. The van der Waals surface area contributed by atoms with Crippen LogP contribution in [-0.4, -0.2) is 38.5 Å². The van der Waals surface area contributed by atoms with Gasteiger partial charge in [-0.15, -0.1) is 0 Å². The van der Waals surface area contributed by atoms with Gasteiger partial charge in [-0.1, -0.05) is 12.1 Å². The molecule has 0 unspecified atom stereocenters. The van der Waals surface area contributed by atoms with Crippen LogP contribution in [0.4, 0.5) is 5.95 Å². The van der Waals surface area contributed by atoms with E-state index in [-0.39, 0.29) is 4.90 Å². The van der Waals surface area contributed by atoms with Gasteiger partial charge in [0.2, 0.25) is 16.0 Å². The summed E-state index contributed by atoms with van der Waals surface area (Å²) in [6, 6.07) is 7.05. The third-order valence-corrected chi connectivity index (χ3v) is 6.66. The lowest BCUT2D eigenvalue weighted by molar-refractivity contribution is 0.567. The second kappa shape index (κ2) is 6.96. The summed E-state index contributed by atoms with van der Waals surface area (Å²) >= 11 is 0. The number of benzene rings is 1. The van der Waals surface area contributed by atoms with Gasteiger partial charge < -0.3 is 4.90 Å². The van der Waals surface area contributed by atoms with Gasteiger partial charge in [0.05, 0.1) is 10.6 Å². The Morgan fingerprint density at radius 3 is 2.62 bits per heavy atom. The predicted molar refractivity (Wildman–Crippen MR) is 102 cm³/mol. The van der Waals surface area contributed by atoms with Crippen LogP contribution in [-0.2, 0) is 22.9 Å². The first-order valence-corrected chi connectivity index (χ1v) is 10.8. The highest BCUT2D eigenvalue weighted by Crippen LogP contribution is 2.33. The van der Waals surface area contributed by atoms with Crippen molar-refractivity contribution in [2.24, 2.45) is 0 Å². The first-order chi connectivity index (χ1) is 12.6. The van der Waals surface area contributed by atoms with E-state index < -0.39 is 10.0 Å². The van der Waals surface area contributed by atoms with Crippen molar-refractivity contribution in [2.45, 2.75) is 43.4 Å². The van der Waals surface area contributed by atoms with Crippen LogP contribution in [0.1, 0.15) is 36.9 Å². The van der Waals surface area contributed by atoms with E-state index in [1.54, 1.807) is 18.2 Å². The van der Waals surface area contributed by atoms with Crippen molar-refractivity contribution in [1.29, 1.82) is 0 Å². The fraction of sp³-hybridized carbons (Fsp3) is 0.474. The number of piperidine rings is 1. The summed E-state index contributed by atoms with van der Waals surface area (Å²) in [5.74, 6) is 0.794. The minimum Gasteiger partial charge on any atom is -0.341 e. The topological polar surface area (TPSA) is 75.2 Å². The average Bonchev–Trinajstić information content (AvgIpc) is 3.16. The molecule has 2 heterocycles. The molecule has 1 aliphatic heterocycles. The van der Waals surface area contributed by atoms with Crippen molar-refractivity contribution in [3.05, 3.63) is 35.5 Å². The number of fused-ring (bicyclic) bond motifs is 1. The molecule has 1 aromatic carbocycles. The molecule has 1 N–H and O–H groups in total. The lowest BCUT2D eigenvalue weighted by atomic mass is 10.1. The Labute approximate surface area is 154 Å². The maximum absolute atomic E-state index is 12.2. The summed E-state index contributed by atoms with van der Waals surface area (Å²) in [7, 11) is -2.05. The molecule has 0 radical (unpaired) electrons. The lowest BCUT2D eigenvalue weighted by Crippen LogP contribution is -2.31. The highest BCUT2D eigenvalue weighted by Gasteiger charge is 2.24. The van der Waals surface area contributed by atoms with Crippen LogP contribution in [0.5, 0.6) is 0 Å². The quantitative estimate of drug-likeness (QED) is 0.893. The molecule has 0 bridgehead atoms. The molecular formula is C19H24N4O2S. The van der Waals surface area contributed by atoms with Crippen LogP contribution >= 0.6 is 0 Å². The van der Waals surface area contributed by atoms with Crippen molar-refractivity contribution in [3.8, 4) is 11.3 Å². The van der Waals surface area contributed by atoms with Gasteiger partial charge in [-0.2, -0.15) is 0 Å². The molecule has 2 aliphatic rings. The van der Waals surface area contributed by atoms with Crippen molar-refractivity contribution in [2.75, 3.05) is 25.0 Å². The molecule has 1 aliphatic carbocycles. The third kappa shape index (κ3) is 3.21. The molecular weight excluding hydrogens is 348 g/mol. The zero-order valence-electron chi connectivity index (χ0n) is 15.0. The first-order valence-electron chi connectivity index (χ1n) is 9.27. The largest absolute Gasteiger partial charge is 0.341 e. The summed E-state index contributed by atoms with van der Waals surface area (Å²) in [6.07, 6.45) is 6.61. The number of aromatic nitrogens is 2. The number of anilines is 1. The SMILES string of the molecule is CNS(=O)(=O)c1cccc(-c2nc(N3CCCCC3)nc3c2CCC3)c1. The van der Waals surface area contributed by atoms with Crippen molar-refractivity contribution < 1.29 is 8.42 Å². The Balaban J connectivity index is 1.81. The van der Waals surface area contributed by atoms with E-state index in [4.69, 9.17) is 9.97 Å². The van der Waals surface area contributed by atoms with Gasteiger partial charge in [-0.3, -0.25) is 0 Å². The molecule has 1 fully saturated rings. The van der Waals surface area contributed by atoms with Crippen LogP contribution in [0, 0.1) is 0 Å². The van der Waals surface area contributed by atoms with Gasteiger partial charge >= 0.3 is 0 Å². The highest BCUT2D eigenvalue weighted by molar-refractivity contribution is 7.89. The zero-order chi connectivity index (χ0) is 18.1. The first kappa shape index (κ1) is 17.4. The van der Waals surface area contributed by atoms with Crippen molar-refractivity contribution in [3.63, 3.8) is 0 Å². The molecule has 138 valence electrons. The standard InChI is InChI=1S/C19H24N4O2S/c1-20-26(24,25)15-8-5-7-14(13-15)18-16-9-6-10-17(16)21-19(22-18)23-11-3-2-4-12-23/h5,7-8,13,20H,2-4,6,9-12H2,1H3. The molecule has 0 saturated carbocycles. The second-order valence-electron chi connectivity index (χ2n) is 6.93. The predicted octanol–water partition coefficient (Wildman–Crippen LogP) is 2.53. The lowest BCUT2D eigenvalue weighted by Gasteiger charge is -2.27. The molecule has 0 atom stereocenters. The number of sulfonamides is 1. The van der Waals surface area contributed by atoms with Gasteiger partial charge in [-0.25, -0.2) is 23.1 Å². The molecule has 0 amide bonds. The summed E-state index contributed by atoms with van der Waals surface area (Å²) < 4.78 is 26.7. The Kier molecular flexibility index (Phi) is 4.67. The van der Waals surface area contributed by atoms with E-state index in [0.29, 0.717) is 0 Å². The van der Waals surface area contributed by atoms with Crippen LogP contribution in [0.25, 0.3) is 11.3 Å². The molecule has 1 saturated heterocycles.